The molecule has 0 saturated carbocycles. The molecular weight excluding hydrogens is 318 g/mol. The van der Waals surface area contributed by atoms with Gasteiger partial charge >= 0.3 is 5.97 Å². The molecule has 0 fully saturated rings. The minimum Gasteiger partial charge on any atom is -0.494 e. The third-order valence-corrected chi connectivity index (χ3v) is 3.05. The number of nitrogens with one attached hydrogen (secondary N) is 1. The van der Waals surface area contributed by atoms with Crippen molar-refractivity contribution in [3.8, 4) is 5.75 Å². The largest absolute Gasteiger partial charge is 0.494 e. The molecule has 1 N–H and O–H groups in total. The summed E-state index contributed by atoms with van der Waals surface area (Å²) in [4.78, 5) is 23.1. The van der Waals surface area contributed by atoms with Crippen molar-refractivity contribution in [1.82, 2.24) is 5.32 Å². The van der Waals surface area contributed by atoms with Crippen LogP contribution in [0.1, 0.15) is 43.5 Å². The molecule has 0 aliphatic carbocycles. The molecular formula is C17H26ClNO4. The second-order valence-electron chi connectivity index (χ2n) is 4.88. The zero-order valence-electron chi connectivity index (χ0n) is 13.8. The van der Waals surface area contributed by atoms with E-state index in [0.29, 0.717) is 31.7 Å². The molecule has 0 aliphatic rings. The molecule has 0 atom stereocenters. The summed E-state index contributed by atoms with van der Waals surface area (Å²) in [6.07, 6.45) is 2.46. The van der Waals surface area contributed by atoms with Crippen molar-refractivity contribution < 1.29 is 19.1 Å². The van der Waals surface area contributed by atoms with Crippen molar-refractivity contribution in [1.29, 1.82) is 0 Å². The average molecular weight is 344 g/mol. The van der Waals surface area contributed by atoms with Crippen LogP contribution in [0.2, 0.25) is 0 Å². The van der Waals surface area contributed by atoms with E-state index in [2.05, 4.69) is 12.2 Å². The normalized spacial score (nSPS) is 9.83. The van der Waals surface area contributed by atoms with Crippen molar-refractivity contribution in [3.63, 3.8) is 0 Å². The molecule has 23 heavy (non-hydrogen) atoms. The van der Waals surface area contributed by atoms with E-state index >= 15 is 0 Å². The van der Waals surface area contributed by atoms with Crippen molar-refractivity contribution >= 4 is 24.2 Å². The van der Waals surface area contributed by atoms with E-state index in [1.54, 1.807) is 19.1 Å². The number of rotatable bonds is 11. The summed E-state index contributed by atoms with van der Waals surface area (Å²) in [7, 11) is 0. The maximum absolute atomic E-state index is 12.0. The van der Waals surface area contributed by atoms with E-state index in [1.165, 1.54) is 0 Å². The lowest BCUT2D eigenvalue weighted by Gasteiger charge is -2.07. The first-order valence-corrected chi connectivity index (χ1v) is 7.79. The van der Waals surface area contributed by atoms with Crippen molar-refractivity contribution in [3.05, 3.63) is 29.8 Å². The third kappa shape index (κ3) is 9.21. The van der Waals surface area contributed by atoms with Gasteiger partial charge in [-0.05, 0) is 37.6 Å². The number of halogens is 1. The second kappa shape index (κ2) is 12.9. The van der Waals surface area contributed by atoms with Gasteiger partial charge < -0.3 is 14.8 Å². The van der Waals surface area contributed by atoms with Gasteiger partial charge in [-0.2, -0.15) is 0 Å². The summed E-state index contributed by atoms with van der Waals surface area (Å²) in [6.45, 7) is 5.52. The van der Waals surface area contributed by atoms with Crippen molar-refractivity contribution in [2.45, 2.75) is 33.1 Å². The minimum atomic E-state index is -0.302. The number of hydrogen-bond acceptors (Lipinski definition) is 5. The Morgan fingerprint density at radius 2 is 1.83 bits per heavy atom. The van der Waals surface area contributed by atoms with Gasteiger partial charge in [0, 0.05) is 18.5 Å². The number of carbonyl (C=O) groups excluding carboxylic acids is 2. The fourth-order valence-electron chi connectivity index (χ4n) is 1.82. The van der Waals surface area contributed by atoms with Crippen molar-refractivity contribution in [2.24, 2.45) is 0 Å². The molecule has 0 aliphatic heterocycles. The molecule has 0 saturated heterocycles. The van der Waals surface area contributed by atoms with E-state index in [4.69, 9.17) is 9.47 Å². The Bertz CT molecular complexity index is 462. The summed E-state index contributed by atoms with van der Waals surface area (Å²) >= 11 is 0. The molecule has 0 heterocycles. The topological polar surface area (TPSA) is 64.6 Å². The van der Waals surface area contributed by atoms with E-state index in [1.807, 2.05) is 12.1 Å². The first-order valence-electron chi connectivity index (χ1n) is 7.79. The quantitative estimate of drug-likeness (QED) is 0.380. The molecule has 0 radical (unpaired) electrons. The van der Waals surface area contributed by atoms with Gasteiger partial charge in [-0.3, -0.25) is 9.59 Å². The molecule has 1 rings (SSSR count). The number of carbonyl (C=O) groups is 2. The van der Waals surface area contributed by atoms with Crippen LogP contribution in [0.3, 0.4) is 0 Å². The van der Waals surface area contributed by atoms with Gasteiger partial charge in [-0.15, -0.1) is 12.4 Å². The highest BCUT2D eigenvalue weighted by atomic mass is 35.5. The molecule has 0 aromatic heterocycles. The van der Waals surface area contributed by atoms with Crippen LogP contribution < -0.4 is 10.1 Å². The number of unbranched alkanes of at least 4 members (excludes halogenated alkanes) is 1. The SMILES string of the molecule is CCCCOc1ccc(C(=O)CCNCC(=O)OCC)cc1.Cl. The molecule has 1 aromatic carbocycles. The number of Topliss-reactive ketones (excluding diaryl/α,β-unsaturated/α-hetero) is 1. The first kappa shape index (κ1) is 21.4. The van der Waals surface area contributed by atoms with Crippen LogP contribution in [0.4, 0.5) is 0 Å². The standard InChI is InChI=1S/C17H25NO4.ClH/c1-3-5-12-22-15-8-6-14(7-9-15)16(19)10-11-18-13-17(20)21-4-2;/h6-9,18H,3-5,10-13H2,1-2H3;1H. The molecule has 6 heteroatoms. The Balaban J connectivity index is 0.00000484. The lowest BCUT2D eigenvalue weighted by Crippen LogP contribution is -2.26. The predicted octanol–water partition coefficient (Wildman–Crippen LogP) is 3.01. The molecule has 0 bridgehead atoms. The van der Waals surface area contributed by atoms with Crippen LogP contribution >= 0.6 is 12.4 Å². The fourth-order valence-corrected chi connectivity index (χ4v) is 1.82. The fraction of sp³-hybridized carbons (Fsp3) is 0.529. The highest BCUT2D eigenvalue weighted by Gasteiger charge is 2.07. The van der Waals surface area contributed by atoms with Gasteiger partial charge in [-0.1, -0.05) is 13.3 Å². The van der Waals surface area contributed by atoms with Crippen LogP contribution in [0.5, 0.6) is 5.75 Å². The molecule has 130 valence electrons. The van der Waals surface area contributed by atoms with Crippen LogP contribution in [0, 0.1) is 0 Å². The number of esters is 1. The summed E-state index contributed by atoms with van der Waals surface area (Å²) in [5.41, 5.74) is 0.653. The number of ketones is 1. The van der Waals surface area contributed by atoms with Gasteiger partial charge in [0.15, 0.2) is 5.78 Å². The first-order chi connectivity index (χ1) is 10.7. The van der Waals surface area contributed by atoms with E-state index in [-0.39, 0.29) is 30.7 Å². The lowest BCUT2D eigenvalue weighted by molar-refractivity contribution is -0.141. The highest BCUT2D eigenvalue weighted by molar-refractivity contribution is 5.96. The zero-order valence-corrected chi connectivity index (χ0v) is 14.6. The molecule has 0 amide bonds. The Morgan fingerprint density at radius 3 is 2.43 bits per heavy atom. The maximum atomic E-state index is 12.0. The highest BCUT2D eigenvalue weighted by Crippen LogP contribution is 2.13. The van der Waals surface area contributed by atoms with Crippen LogP contribution in [0.25, 0.3) is 0 Å². The smallest absolute Gasteiger partial charge is 0.319 e. The Labute approximate surface area is 144 Å². The van der Waals surface area contributed by atoms with Gasteiger partial charge in [0.25, 0.3) is 0 Å². The Morgan fingerprint density at radius 1 is 1.13 bits per heavy atom. The third-order valence-electron chi connectivity index (χ3n) is 3.05. The maximum Gasteiger partial charge on any atom is 0.319 e. The molecule has 0 spiro atoms. The average Bonchev–Trinajstić information content (AvgIpc) is 2.52. The molecule has 5 nitrogen and oxygen atoms in total. The zero-order chi connectivity index (χ0) is 16.2. The van der Waals surface area contributed by atoms with Crippen molar-refractivity contribution in [2.75, 3.05) is 26.3 Å². The predicted molar refractivity (Wildman–Crippen MR) is 92.5 cm³/mol. The van der Waals surface area contributed by atoms with Gasteiger partial charge in [0.1, 0.15) is 5.75 Å². The van der Waals surface area contributed by atoms with E-state index in [0.717, 1.165) is 18.6 Å². The lowest BCUT2D eigenvalue weighted by atomic mass is 10.1. The Hall–Kier alpha value is -1.59. The number of ether oxygens (including phenoxy) is 2. The van der Waals surface area contributed by atoms with E-state index < -0.39 is 0 Å². The second-order valence-corrected chi connectivity index (χ2v) is 4.88. The monoisotopic (exact) mass is 343 g/mol. The summed E-state index contributed by atoms with van der Waals surface area (Å²) in [6, 6.07) is 7.17. The van der Waals surface area contributed by atoms with Gasteiger partial charge in [0.2, 0.25) is 0 Å². The summed E-state index contributed by atoms with van der Waals surface area (Å²) in [5.74, 6) is 0.519. The summed E-state index contributed by atoms with van der Waals surface area (Å²) in [5, 5.41) is 2.90. The minimum absolute atomic E-state index is 0. The van der Waals surface area contributed by atoms with Crippen LogP contribution in [-0.4, -0.2) is 38.1 Å². The van der Waals surface area contributed by atoms with Crippen LogP contribution in [0.15, 0.2) is 24.3 Å². The Kier molecular flexibility index (Phi) is 12.0. The van der Waals surface area contributed by atoms with Crippen LogP contribution in [-0.2, 0) is 9.53 Å². The molecule has 0 unspecified atom stereocenters. The number of hydrogen-bond donors (Lipinski definition) is 1. The summed E-state index contributed by atoms with van der Waals surface area (Å²) < 4.78 is 10.3. The molecule has 1 aromatic rings. The number of benzene rings is 1. The van der Waals surface area contributed by atoms with Gasteiger partial charge in [0.05, 0.1) is 19.8 Å². The van der Waals surface area contributed by atoms with Gasteiger partial charge in [-0.25, -0.2) is 0 Å². The van der Waals surface area contributed by atoms with E-state index in [9.17, 15) is 9.59 Å².